The van der Waals surface area contributed by atoms with Crippen LogP contribution in [0.2, 0.25) is 0 Å². The molecule has 0 saturated heterocycles. The summed E-state index contributed by atoms with van der Waals surface area (Å²) in [6.07, 6.45) is 0.577. The summed E-state index contributed by atoms with van der Waals surface area (Å²) in [5.41, 5.74) is 2.15. The monoisotopic (exact) mass is 425 g/mol. The van der Waals surface area contributed by atoms with Gasteiger partial charge < -0.3 is 13.9 Å². The standard InChI is InChI=1S/C27H23NO4/c1-18(2)26(21-11-12-24-20(15-21)13-14-30-24)27(29)32-25(17-28)19-7-6-10-23(16-19)31-22-8-4-3-5-9-22/h3-16,18,25-26H,1-2H3. The van der Waals surface area contributed by atoms with Crippen LogP contribution in [0.1, 0.15) is 37.0 Å². The molecule has 2 unspecified atom stereocenters. The predicted molar refractivity (Wildman–Crippen MR) is 121 cm³/mol. The molecule has 0 aliphatic carbocycles. The zero-order chi connectivity index (χ0) is 22.5. The zero-order valence-electron chi connectivity index (χ0n) is 17.9. The van der Waals surface area contributed by atoms with Crippen LogP contribution in [0.25, 0.3) is 11.0 Å². The van der Waals surface area contributed by atoms with Gasteiger partial charge in [-0.1, -0.05) is 50.2 Å². The molecule has 0 saturated carbocycles. The molecule has 0 amide bonds. The number of esters is 1. The number of furan rings is 1. The van der Waals surface area contributed by atoms with E-state index in [4.69, 9.17) is 13.9 Å². The van der Waals surface area contributed by atoms with E-state index < -0.39 is 18.0 Å². The van der Waals surface area contributed by atoms with Gasteiger partial charge in [-0.3, -0.25) is 4.79 Å². The number of fused-ring (bicyclic) bond motifs is 1. The number of ether oxygens (including phenoxy) is 2. The van der Waals surface area contributed by atoms with Gasteiger partial charge in [0.25, 0.3) is 0 Å². The van der Waals surface area contributed by atoms with Crippen LogP contribution in [0.5, 0.6) is 11.5 Å². The third-order valence-corrected chi connectivity index (χ3v) is 5.25. The molecule has 160 valence electrons. The van der Waals surface area contributed by atoms with Crippen molar-refractivity contribution in [2.75, 3.05) is 0 Å². The Hall–Kier alpha value is -4.04. The molecule has 5 nitrogen and oxygen atoms in total. The molecule has 1 aromatic heterocycles. The molecular formula is C27H23NO4. The second-order valence-corrected chi connectivity index (χ2v) is 7.87. The Morgan fingerprint density at radius 3 is 2.44 bits per heavy atom. The van der Waals surface area contributed by atoms with E-state index in [1.54, 1.807) is 30.5 Å². The molecule has 0 aliphatic heterocycles. The van der Waals surface area contributed by atoms with Crippen LogP contribution in [0, 0.1) is 17.2 Å². The predicted octanol–water partition coefficient (Wildman–Crippen LogP) is 6.77. The molecule has 4 rings (SSSR count). The maximum absolute atomic E-state index is 13.2. The van der Waals surface area contributed by atoms with E-state index in [0.29, 0.717) is 17.1 Å². The fourth-order valence-electron chi connectivity index (χ4n) is 3.70. The van der Waals surface area contributed by atoms with Gasteiger partial charge in [-0.2, -0.15) is 5.26 Å². The molecule has 0 fully saturated rings. The molecule has 4 aromatic rings. The molecule has 0 radical (unpaired) electrons. The second-order valence-electron chi connectivity index (χ2n) is 7.87. The Morgan fingerprint density at radius 1 is 0.906 bits per heavy atom. The van der Waals surface area contributed by atoms with Crippen LogP contribution in [0.15, 0.2) is 89.5 Å². The number of nitriles is 1. The van der Waals surface area contributed by atoms with Crippen molar-refractivity contribution >= 4 is 16.9 Å². The van der Waals surface area contributed by atoms with Crippen LogP contribution in [0.4, 0.5) is 0 Å². The van der Waals surface area contributed by atoms with E-state index in [1.165, 1.54) is 0 Å². The molecule has 3 aromatic carbocycles. The van der Waals surface area contributed by atoms with Gasteiger partial charge in [0, 0.05) is 10.9 Å². The van der Waals surface area contributed by atoms with E-state index in [0.717, 1.165) is 16.5 Å². The van der Waals surface area contributed by atoms with Crippen molar-refractivity contribution in [3.8, 4) is 17.6 Å². The average molecular weight is 425 g/mol. The topological polar surface area (TPSA) is 72.5 Å². The Morgan fingerprint density at radius 2 is 1.69 bits per heavy atom. The van der Waals surface area contributed by atoms with Gasteiger partial charge in [-0.25, -0.2) is 0 Å². The van der Waals surface area contributed by atoms with Gasteiger partial charge in [0.1, 0.15) is 23.2 Å². The molecule has 32 heavy (non-hydrogen) atoms. The second kappa shape index (κ2) is 9.40. The first-order valence-electron chi connectivity index (χ1n) is 10.5. The maximum Gasteiger partial charge on any atom is 0.315 e. The van der Waals surface area contributed by atoms with Crippen molar-refractivity contribution in [3.63, 3.8) is 0 Å². The molecule has 0 aliphatic rings. The third-order valence-electron chi connectivity index (χ3n) is 5.25. The molecule has 0 bridgehead atoms. The van der Waals surface area contributed by atoms with Gasteiger partial charge >= 0.3 is 5.97 Å². The summed E-state index contributed by atoms with van der Waals surface area (Å²) in [5.74, 6) is 0.289. The Kier molecular flexibility index (Phi) is 6.23. The minimum absolute atomic E-state index is 0.0149. The van der Waals surface area contributed by atoms with E-state index in [2.05, 4.69) is 6.07 Å². The average Bonchev–Trinajstić information content (AvgIpc) is 3.26. The number of carbonyl (C=O) groups excluding carboxylic acids is 1. The Balaban J connectivity index is 1.55. The van der Waals surface area contributed by atoms with Crippen molar-refractivity contribution in [3.05, 3.63) is 96.3 Å². The number of carbonyl (C=O) groups is 1. The zero-order valence-corrected chi connectivity index (χ0v) is 17.9. The van der Waals surface area contributed by atoms with Gasteiger partial charge in [0.15, 0.2) is 0 Å². The molecule has 2 atom stereocenters. The molecular weight excluding hydrogens is 402 g/mol. The first-order valence-corrected chi connectivity index (χ1v) is 10.5. The van der Waals surface area contributed by atoms with E-state index in [9.17, 15) is 10.1 Å². The lowest BCUT2D eigenvalue weighted by Crippen LogP contribution is -2.22. The van der Waals surface area contributed by atoms with Crippen LogP contribution in [-0.2, 0) is 9.53 Å². The van der Waals surface area contributed by atoms with Crippen LogP contribution in [-0.4, -0.2) is 5.97 Å². The van der Waals surface area contributed by atoms with E-state index in [1.807, 2.05) is 68.4 Å². The van der Waals surface area contributed by atoms with Crippen molar-refractivity contribution in [1.82, 2.24) is 0 Å². The Labute approximate surface area is 186 Å². The molecule has 0 N–H and O–H groups in total. The lowest BCUT2D eigenvalue weighted by molar-refractivity contribution is -0.150. The summed E-state index contributed by atoms with van der Waals surface area (Å²) < 4.78 is 16.9. The third kappa shape index (κ3) is 4.65. The summed E-state index contributed by atoms with van der Waals surface area (Å²) in [7, 11) is 0. The lowest BCUT2D eigenvalue weighted by Gasteiger charge is -2.22. The highest BCUT2D eigenvalue weighted by Gasteiger charge is 2.29. The van der Waals surface area contributed by atoms with Gasteiger partial charge in [-0.05, 0) is 53.9 Å². The smallest absolute Gasteiger partial charge is 0.315 e. The SMILES string of the molecule is CC(C)C(C(=O)OC(C#N)c1cccc(Oc2ccccc2)c1)c1ccc2occc2c1. The summed E-state index contributed by atoms with van der Waals surface area (Å²) in [4.78, 5) is 13.2. The maximum atomic E-state index is 13.2. The van der Waals surface area contributed by atoms with Gasteiger partial charge in [0.2, 0.25) is 6.10 Å². The normalized spacial score (nSPS) is 12.8. The van der Waals surface area contributed by atoms with E-state index in [-0.39, 0.29) is 5.92 Å². The summed E-state index contributed by atoms with van der Waals surface area (Å²) in [5, 5.41) is 10.7. The van der Waals surface area contributed by atoms with Gasteiger partial charge in [-0.15, -0.1) is 0 Å². The molecule has 0 spiro atoms. The minimum Gasteiger partial charge on any atom is -0.464 e. The Bertz CT molecular complexity index is 1250. The molecule has 5 heteroatoms. The first kappa shape index (κ1) is 21.2. The number of para-hydroxylation sites is 1. The van der Waals surface area contributed by atoms with Crippen LogP contribution in [0.3, 0.4) is 0 Å². The first-order chi connectivity index (χ1) is 15.5. The largest absolute Gasteiger partial charge is 0.464 e. The summed E-state index contributed by atoms with van der Waals surface area (Å²) in [6, 6.07) is 26.0. The summed E-state index contributed by atoms with van der Waals surface area (Å²) >= 11 is 0. The number of hydrogen-bond donors (Lipinski definition) is 0. The highest BCUT2D eigenvalue weighted by Crippen LogP contribution is 2.32. The van der Waals surface area contributed by atoms with Crippen LogP contribution < -0.4 is 4.74 Å². The number of nitrogens with zero attached hydrogens (tertiary/aromatic N) is 1. The quantitative estimate of drug-likeness (QED) is 0.305. The number of hydrogen-bond acceptors (Lipinski definition) is 5. The fourth-order valence-corrected chi connectivity index (χ4v) is 3.70. The van der Waals surface area contributed by atoms with Crippen LogP contribution >= 0.6 is 0 Å². The number of rotatable bonds is 7. The highest BCUT2D eigenvalue weighted by atomic mass is 16.5. The van der Waals surface area contributed by atoms with Crippen molar-refractivity contribution in [2.24, 2.45) is 5.92 Å². The van der Waals surface area contributed by atoms with Gasteiger partial charge in [0.05, 0.1) is 12.2 Å². The highest BCUT2D eigenvalue weighted by molar-refractivity contribution is 5.83. The van der Waals surface area contributed by atoms with Crippen molar-refractivity contribution in [1.29, 1.82) is 5.26 Å². The lowest BCUT2D eigenvalue weighted by atomic mass is 9.88. The molecule has 1 heterocycles. The minimum atomic E-state index is -1.04. The van der Waals surface area contributed by atoms with Crippen molar-refractivity contribution in [2.45, 2.75) is 25.9 Å². The number of benzene rings is 3. The van der Waals surface area contributed by atoms with E-state index >= 15 is 0 Å². The fraction of sp³-hybridized carbons (Fsp3) is 0.185. The summed E-state index contributed by atoms with van der Waals surface area (Å²) in [6.45, 7) is 3.92. The van der Waals surface area contributed by atoms with Crippen molar-refractivity contribution < 1.29 is 18.7 Å².